The molecule has 3 rings (SSSR count). The molecule has 3 N–H and O–H groups in total. The number of carbonyl (C=O) groups is 1. The maximum atomic E-state index is 12.6. The van der Waals surface area contributed by atoms with Crippen molar-refractivity contribution in [3.63, 3.8) is 0 Å². The van der Waals surface area contributed by atoms with Crippen LogP contribution in [0.3, 0.4) is 0 Å². The van der Waals surface area contributed by atoms with Crippen molar-refractivity contribution in [1.29, 1.82) is 0 Å². The lowest BCUT2D eigenvalue weighted by Crippen LogP contribution is -2.42. The van der Waals surface area contributed by atoms with Gasteiger partial charge in [0.05, 0.1) is 6.04 Å². The Morgan fingerprint density at radius 1 is 1.29 bits per heavy atom. The Labute approximate surface area is 141 Å². The second kappa shape index (κ2) is 6.84. The molecule has 0 fully saturated rings. The zero-order valence-corrected chi connectivity index (χ0v) is 14.0. The SMILES string of the molecule is Cc1cnccc1CN(C)C(=O)[C@@H](N)Cc1c[nH]c2ccccc12. The topological polar surface area (TPSA) is 75.0 Å². The highest BCUT2D eigenvalue weighted by Gasteiger charge is 2.20. The number of hydrogen-bond acceptors (Lipinski definition) is 3. The molecule has 1 atom stereocenters. The number of carbonyl (C=O) groups excluding carboxylic acids is 1. The van der Waals surface area contributed by atoms with Crippen molar-refractivity contribution in [2.45, 2.75) is 25.9 Å². The van der Waals surface area contributed by atoms with Gasteiger partial charge in [-0.25, -0.2) is 0 Å². The van der Waals surface area contributed by atoms with E-state index >= 15 is 0 Å². The molecular weight excluding hydrogens is 300 g/mol. The highest BCUT2D eigenvalue weighted by Crippen LogP contribution is 2.19. The monoisotopic (exact) mass is 322 g/mol. The number of likely N-dealkylation sites (N-methyl/N-ethyl adjacent to an activating group) is 1. The molecule has 5 nitrogen and oxygen atoms in total. The Morgan fingerprint density at radius 2 is 2.08 bits per heavy atom. The number of hydrogen-bond donors (Lipinski definition) is 2. The molecule has 24 heavy (non-hydrogen) atoms. The van der Waals surface area contributed by atoms with E-state index in [1.165, 1.54) is 0 Å². The van der Waals surface area contributed by atoms with Gasteiger partial charge in [0.15, 0.2) is 0 Å². The highest BCUT2D eigenvalue weighted by atomic mass is 16.2. The Bertz CT molecular complexity index is 855. The van der Waals surface area contributed by atoms with Crippen LogP contribution in [-0.4, -0.2) is 33.9 Å². The zero-order valence-electron chi connectivity index (χ0n) is 14.0. The molecule has 0 aliphatic heterocycles. The van der Waals surface area contributed by atoms with E-state index in [1.807, 2.05) is 43.5 Å². The van der Waals surface area contributed by atoms with E-state index in [0.29, 0.717) is 13.0 Å². The number of rotatable bonds is 5. The molecule has 2 aromatic heterocycles. The molecule has 124 valence electrons. The minimum atomic E-state index is -0.559. The Kier molecular flexibility index (Phi) is 4.62. The van der Waals surface area contributed by atoms with E-state index < -0.39 is 6.04 Å². The summed E-state index contributed by atoms with van der Waals surface area (Å²) in [6.07, 6.45) is 6.00. The first-order valence-corrected chi connectivity index (χ1v) is 8.01. The summed E-state index contributed by atoms with van der Waals surface area (Å²) in [5.41, 5.74) is 10.5. The normalized spacial score (nSPS) is 12.3. The third-order valence-electron chi connectivity index (χ3n) is 4.35. The van der Waals surface area contributed by atoms with Gasteiger partial charge in [0.2, 0.25) is 5.91 Å². The number of aromatic nitrogens is 2. The molecule has 0 saturated heterocycles. The molecule has 2 heterocycles. The quantitative estimate of drug-likeness (QED) is 0.757. The number of benzene rings is 1. The minimum absolute atomic E-state index is 0.0588. The van der Waals surface area contributed by atoms with Gasteiger partial charge in [-0.15, -0.1) is 0 Å². The van der Waals surface area contributed by atoms with Crippen molar-refractivity contribution >= 4 is 16.8 Å². The van der Waals surface area contributed by atoms with Crippen LogP contribution in [0.5, 0.6) is 0 Å². The van der Waals surface area contributed by atoms with Crippen LogP contribution in [0.4, 0.5) is 0 Å². The molecule has 5 heteroatoms. The molecule has 0 radical (unpaired) electrons. The fraction of sp³-hybridized carbons (Fsp3) is 0.263. The van der Waals surface area contributed by atoms with Gasteiger partial charge in [-0.1, -0.05) is 18.2 Å². The van der Waals surface area contributed by atoms with E-state index in [0.717, 1.165) is 27.6 Å². The van der Waals surface area contributed by atoms with Gasteiger partial charge in [0.25, 0.3) is 0 Å². The Morgan fingerprint density at radius 3 is 2.88 bits per heavy atom. The molecule has 1 amide bonds. The summed E-state index contributed by atoms with van der Waals surface area (Å²) in [5, 5.41) is 1.12. The van der Waals surface area contributed by atoms with Crippen LogP contribution >= 0.6 is 0 Å². The summed E-state index contributed by atoms with van der Waals surface area (Å²) in [6.45, 7) is 2.53. The van der Waals surface area contributed by atoms with Crippen molar-refractivity contribution < 1.29 is 4.79 Å². The Hall–Kier alpha value is -2.66. The first-order chi connectivity index (χ1) is 11.6. The molecule has 0 aliphatic carbocycles. The fourth-order valence-electron chi connectivity index (χ4n) is 2.92. The summed E-state index contributed by atoms with van der Waals surface area (Å²) >= 11 is 0. The van der Waals surface area contributed by atoms with Crippen LogP contribution in [0.2, 0.25) is 0 Å². The van der Waals surface area contributed by atoms with Gasteiger partial charge in [0, 0.05) is 43.1 Å². The lowest BCUT2D eigenvalue weighted by atomic mass is 10.0. The number of nitrogens with one attached hydrogen (secondary N) is 1. The molecule has 0 saturated carbocycles. The van der Waals surface area contributed by atoms with E-state index in [4.69, 9.17) is 5.73 Å². The van der Waals surface area contributed by atoms with Crippen molar-refractivity contribution in [2.24, 2.45) is 5.73 Å². The minimum Gasteiger partial charge on any atom is -0.361 e. The predicted octanol–water partition coefficient (Wildman–Crippen LogP) is 2.40. The van der Waals surface area contributed by atoms with E-state index in [1.54, 1.807) is 24.3 Å². The number of aryl methyl sites for hydroxylation is 1. The number of nitrogens with two attached hydrogens (primary N) is 1. The fourth-order valence-corrected chi connectivity index (χ4v) is 2.92. The van der Waals surface area contributed by atoms with Crippen molar-refractivity contribution in [1.82, 2.24) is 14.9 Å². The predicted molar refractivity (Wildman–Crippen MR) is 95.4 cm³/mol. The molecule has 0 aliphatic rings. The number of H-pyrrole nitrogens is 1. The summed E-state index contributed by atoms with van der Waals surface area (Å²) in [5.74, 6) is -0.0588. The average molecular weight is 322 g/mol. The molecule has 3 aromatic rings. The van der Waals surface area contributed by atoms with E-state index in [2.05, 4.69) is 9.97 Å². The first-order valence-electron chi connectivity index (χ1n) is 8.01. The van der Waals surface area contributed by atoms with Gasteiger partial charge in [-0.2, -0.15) is 0 Å². The maximum absolute atomic E-state index is 12.6. The van der Waals surface area contributed by atoms with Crippen LogP contribution < -0.4 is 5.73 Å². The van der Waals surface area contributed by atoms with E-state index in [9.17, 15) is 4.79 Å². The second-order valence-corrected chi connectivity index (χ2v) is 6.17. The van der Waals surface area contributed by atoms with Crippen LogP contribution in [0.15, 0.2) is 48.9 Å². The summed E-state index contributed by atoms with van der Waals surface area (Å²) in [4.78, 5) is 21.6. The summed E-state index contributed by atoms with van der Waals surface area (Å²) in [7, 11) is 1.79. The molecule has 0 spiro atoms. The van der Waals surface area contributed by atoms with Gasteiger partial charge in [-0.05, 0) is 42.2 Å². The number of fused-ring (bicyclic) bond motifs is 1. The van der Waals surface area contributed by atoms with Gasteiger partial charge >= 0.3 is 0 Å². The lowest BCUT2D eigenvalue weighted by molar-refractivity contribution is -0.131. The largest absolute Gasteiger partial charge is 0.361 e. The summed E-state index contributed by atoms with van der Waals surface area (Å²) in [6, 6.07) is 9.41. The van der Waals surface area contributed by atoms with Crippen molar-refractivity contribution in [3.8, 4) is 0 Å². The van der Waals surface area contributed by atoms with Crippen LogP contribution in [0.1, 0.15) is 16.7 Å². The number of para-hydroxylation sites is 1. The Balaban J connectivity index is 1.69. The third-order valence-corrected chi connectivity index (χ3v) is 4.35. The number of nitrogens with zero attached hydrogens (tertiary/aromatic N) is 2. The smallest absolute Gasteiger partial charge is 0.239 e. The van der Waals surface area contributed by atoms with Crippen LogP contribution in [0, 0.1) is 6.92 Å². The van der Waals surface area contributed by atoms with Gasteiger partial charge in [-0.3, -0.25) is 9.78 Å². The van der Waals surface area contributed by atoms with Crippen LogP contribution in [-0.2, 0) is 17.8 Å². The van der Waals surface area contributed by atoms with Gasteiger partial charge < -0.3 is 15.6 Å². The highest BCUT2D eigenvalue weighted by molar-refractivity contribution is 5.86. The zero-order chi connectivity index (χ0) is 17.1. The number of aromatic amines is 1. The molecule has 0 unspecified atom stereocenters. The summed E-state index contributed by atoms with van der Waals surface area (Å²) < 4.78 is 0. The van der Waals surface area contributed by atoms with Crippen molar-refractivity contribution in [2.75, 3.05) is 7.05 Å². The number of pyridine rings is 1. The first kappa shape index (κ1) is 16.2. The van der Waals surface area contributed by atoms with Gasteiger partial charge in [0.1, 0.15) is 0 Å². The standard InChI is InChI=1S/C19H22N4O/c1-13-10-21-8-7-14(13)12-23(2)19(24)17(20)9-15-11-22-18-6-4-3-5-16(15)18/h3-8,10-11,17,22H,9,12,20H2,1-2H3/t17-/m0/s1. The third kappa shape index (κ3) is 3.31. The molecular formula is C19H22N4O. The average Bonchev–Trinajstić information content (AvgIpc) is 2.99. The molecule has 1 aromatic carbocycles. The second-order valence-electron chi connectivity index (χ2n) is 6.17. The maximum Gasteiger partial charge on any atom is 0.239 e. The number of amides is 1. The molecule has 0 bridgehead atoms. The van der Waals surface area contributed by atoms with E-state index in [-0.39, 0.29) is 5.91 Å². The lowest BCUT2D eigenvalue weighted by Gasteiger charge is -2.22. The van der Waals surface area contributed by atoms with Crippen molar-refractivity contribution in [3.05, 3.63) is 65.6 Å². The van der Waals surface area contributed by atoms with Crippen LogP contribution in [0.25, 0.3) is 10.9 Å².